The Morgan fingerprint density at radius 3 is 2.82 bits per heavy atom. The van der Waals surface area contributed by atoms with Crippen LogP contribution in [0.1, 0.15) is 39.5 Å². The molecule has 1 saturated heterocycles. The highest BCUT2D eigenvalue weighted by atomic mass is 32.1. The third-order valence-corrected chi connectivity index (χ3v) is 3.62. The maximum atomic E-state index is 12.0. The Morgan fingerprint density at radius 2 is 2.18 bits per heavy atom. The van der Waals surface area contributed by atoms with E-state index in [1.807, 2.05) is 6.92 Å². The Kier molecular flexibility index (Phi) is 7.79. The lowest BCUT2D eigenvalue weighted by atomic mass is 10.1. The summed E-state index contributed by atoms with van der Waals surface area (Å²) in [5, 5.41) is 5.43. The van der Waals surface area contributed by atoms with Crippen molar-refractivity contribution in [2.24, 2.45) is 0 Å². The molecule has 0 spiro atoms. The molecule has 1 aliphatic rings. The first-order chi connectivity index (χ1) is 10.5. The van der Waals surface area contributed by atoms with Crippen LogP contribution in [0, 0.1) is 0 Å². The second-order valence-electron chi connectivity index (χ2n) is 4.99. The first-order valence-corrected chi connectivity index (χ1v) is 7.94. The highest BCUT2D eigenvalue weighted by Crippen LogP contribution is 2.11. The Labute approximate surface area is 135 Å². The van der Waals surface area contributed by atoms with Gasteiger partial charge in [-0.1, -0.05) is 20.3 Å². The van der Waals surface area contributed by atoms with E-state index in [0.29, 0.717) is 26.1 Å². The predicted octanol–water partition coefficient (Wildman–Crippen LogP) is 0.331. The summed E-state index contributed by atoms with van der Waals surface area (Å²) in [4.78, 5) is 36.8. The molecule has 0 bridgehead atoms. The van der Waals surface area contributed by atoms with E-state index in [-0.39, 0.29) is 23.3 Å². The van der Waals surface area contributed by atoms with Crippen molar-refractivity contribution in [3.63, 3.8) is 0 Å². The van der Waals surface area contributed by atoms with Crippen LogP contribution >= 0.6 is 12.2 Å². The molecule has 1 heterocycles. The number of hydrogen-bond donors (Lipinski definition) is 2. The maximum absolute atomic E-state index is 12.0. The summed E-state index contributed by atoms with van der Waals surface area (Å²) in [5.41, 5.74) is 0. The van der Waals surface area contributed by atoms with Crippen molar-refractivity contribution >= 4 is 35.1 Å². The zero-order chi connectivity index (χ0) is 16.5. The van der Waals surface area contributed by atoms with Crippen LogP contribution < -0.4 is 10.6 Å². The normalized spacial score (nSPS) is 17.6. The number of unbranched alkanes of at least 4 members (excludes halogenated alkanes) is 1. The summed E-state index contributed by atoms with van der Waals surface area (Å²) < 4.78 is 5.09. The molecule has 0 saturated carbocycles. The lowest BCUT2D eigenvalue weighted by molar-refractivity contribution is -0.147. The lowest BCUT2D eigenvalue weighted by Crippen LogP contribution is -2.60. The van der Waals surface area contributed by atoms with E-state index in [9.17, 15) is 14.4 Å². The molecular weight excluding hydrogens is 306 g/mol. The van der Waals surface area contributed by atoms with Crippen LogP contribution in [-0.4, -0.2) is 53.5 Å². The molecule has 0 aromatic rings. The molecule has 0 aromatic heterocycles. The van der Waals surface area contributed by atoms with Crippen LogP contribution in [0.2, 0.25) is 0 Å². The number of nitrogens with zero attached hydrogens (tertiary/aromatic N) is 1. The van der Waals surface area contributed by atoms with Crippen LogP contribution in [0.4, 0.5) is 0 Å². The van der Waals surface area contributed by atoms with Crippen LogP contribution in [-0.2, 0) is 19.1 Å². The zero-order valence-corrected chi connectivity index (χ0v) is 13.8. The van der Waals surface area contributed by atoms with Gasteiger partial charge in [0.25, 0.3) is 0 Å². The summed E-state index contributed by atoms with van der Waals surface area (Å²) in [6, 6.07) is -0.743. The van der Waals surface area contributed by atoms with Gasteiger partial charge in [-0.25, -0.2) is 0 Å². The molecule has 0 aromatic carbocycles. The molecule has 0 aliphatic carbocycles. The molecule has 7 nitrogen and oxygen atoms in total. The van der Waals surface area contributed by atoms with Gasteiger partial charge in [-0.15, -0.1) is 0 Å². The minimum Gasteiger partial charge on any atom is -0.466 e. The summed E-state index contributed by atoms with van der Waals surface area (Å²) in [7, 11) is 0. The summed E-state index contributed by atoms with van der Waals surface area (Å²) in [5.74, 6) is -0.947. The molecule has 22 heavy (non-hydrogen) atoms. The van der Waals surface area contributed by atoms with E-state index in [1.165, 1.54) is 0 Å². The molecule has 8 heteroatoms. The number of piperazine rings is 1. The Balaban J connectivity index is 2.64. The van der Waals surface area contributed by atoms with Gasteiger partial charge in [0.1, 0.15) is 6.04 Å². The Bertz CT molecular complexity index is 442. The van der Waals surface area contributed by atoms with E-state index in [2.05, 4.69) is 10.6 Å². The van der Waals surface area contributed by atoms with Crippen molar-refractivity contribution in [3.05, 3.63) is 0 Å². The van der Waals surface area contributed by atoms with Gasteiger partial charge in [0, 0.05) is 19.5 Å². The summed E-state index contributed by atoms with van der Waals surface area (Å²) >= 11 is 5.17. The number of hydrogen-bond acceptors (Lipinski definition) is 5. The standard InChI is InChI=1S/C14H23N3O4S/c1-3-5-8-21-12(19)9-10-13(20)15-6-7-17(10)14(22)16-11(18)4-2/h10H,3-9H2,1-2H3,(H,15,20)(H,16,18,22)/t10-/m1/s1. The number of carbonyl (C=O) groups is 3. The molecular formula is C14H23N3O4S. The Hall–Kier alpha value is -1.70. The van der Waals surface area contributed by atoms with Gasteiger partial charge in [-0.3, -0.25) is 14.4 Å². The van der Waals surface area contributed by atoms with Crippen molar-refractivity contribution in [1.29, 1.82) is 0 Å². The van der Waals surface area contributed by atoms with Gasteiger partial charge in [0.05, 0.1) is 13.0 Å². The SMILES string of the molecule is CCCCOC(=O)C[C@@H]1C(=O)NCCN1C(=S)NC(=O)CC. The van der Waals surface area contributed by atoms with E-state index >= 15 is 0 Å². The fourth-order valence-corrected chi connectivity index (χ4v) is 2.32. The fraction of sp³-hybridized carbons (Fsp3) is 0.714. The number of amides is 2. The lowest BCUT2D eigenvalue weighted by Gasteiger charge is -2.36. The predicted molar refractivity (Wildman–Crippen MR) is 85.0 cm³/mol. The molecule has 1 aliphatic heterocycles. The number of rotatable bonds is 6. The second kappa shape index (κ2) is 9.34. The average molecular weight is 329 g/mol. The van der Waals surface area contributed by atoms with Crippen molar-refractivity contribution in [2.45, 2.75) is 45.6 Å². The molecule has 0 unspecified atom stereocenters. The molecule has 1 rings (SSSR count). The summed E-state index contributed by atoms with van der Waals surface area (Å²) in [6.45, 7) is 4.92. The topological polar surface area (TPSA) is 87.7 Å². The number of carbonyl (C=O) groups excluding carboxylic acids is 3. The number of ether oxygens (including phenoxy) is 1. The molecule has 2 amide bonds. The van der Waals surface area contributed by atoms with E-state index < -0.39 is 12.0 Å². The zero-order valence-electron chi connectivity index (χ0n) is 13.0. The van der Waals surface area contributed by atoms with Gasteiger partial charge >= 0.3 is 5.97 Å². The van der Waals surface area contributed by atoms with Gasteiger partial charge in [-0.05, 0) is 18.6 Å². The van der Waals surface area contributed by atoms with Crippen molar-refractivity contribution in [2.75, 3.05) is 19.7 Å². The molecule has 1 fully saturated rings. The van der Waals surface area contributed by atoms with Crippen LogP contribution in [0.5, 0.6) is 0 Å². The van der Waals surface area contributed by atoms with Crippen LogP contribution in [0.15, 0.2) is 0 Å². The highest BCUT2D eigenvalue weighted by molar-refractivity contribution is 7.80. The van der Waals surface area contributed by atoms with E-state index in [0.717, 1.165) is 12.8 Å². The molecule has 1 atom stereocenters. The van der Waals surface area contributed by atoms with Crippen molar-refractivity contribution < 1.29 is 19.1 Å². The molecule has 124 valence electrons. The smallest absolute Gasteiger partial charge is 0.308 e. The quantitative estimate of drug-likeness (QED) is 0.415. The van der Waals surface area contributed by atoms with Crippen molar-refractivity contribution in [1.82, 2.24) is 15.5 Å². The number of nitrogens with one attached hydrogen (secondary N) is 2. The highest BCUT2D eigenvalue weighted by Gasteiger charge is 2.34. The monoisotopic (exact) mass is 329 g/mol. The second-order valence-corrected chi connectivity index (χ2v) is 5.37. The van der Waals surface area contributed by atoms with E-state index in [4.69, 9.17) is 17.0 Å². The average Bonchev–Trinajstić information content (AvgIpc) is 2.49. The Morgan fingerprint density at radius 1 is 1.45 bits per heavy atom. The maximum Gasteiger partial charge on any atom is 0.308 e. The third-order valence-electron chi connectivity index (χ3n) is 3.28. The number of esters is 1. The third kappa shape index (κ3) is 5.59. The van der Waals surface area contributed by atoms with Crippen molar-refractivity contribution in [3.8, 4) is 0 Å². The van der Waals surface area contributed by atoms with Crippen LogP contribution in [0.25, 0.3) is 0 Å². The van der Waals surface area contributed by atoms with Gasteiger partial charge in [0.15, 0.2) is 5.11 Å². The van der Waals surface area contributed by atoms with Crippen LogP contribution in [0.3, 0.4) is 0 Å². The first-order valence-electron chi connectivity index (χ1n) is 7.53. The number of thiocarbonyl (C=S) groups is 1. The van der Waals surface area contributed by atoms with Gasteiger partial charge < -0.3 is 20.3 Å². The fourth-order valence-electron chi connectivity index (χ4n) is 1.99. The largest absolute Gasteiger partial charge is 0.466 e. The summed E-state index contributed by atoms with van der Waals surface area (Å²) in [6.07, 6.45) is 1.93. The first kappa shape index (κ1) is 18.3. The minimum absolute atomic E-state index is 0.0856. The molecule has 2 N–H and O–H groups in total. The molecule has 0 radical (unpaired) electrons. The van der Waals surface area contributed by atoms with E-state index in [1.54, 1.807) is 11.8 Å². The van der Waals surface area contributed by atoms with Gasteiger partial charge in [-0.2, -0.15) is 0 Å². The van der Waals surface area contributed by atoms with Gasteiger partial charge in [0.2, 0.25) is 11.8 Å². The minimum atomic E-state index is -0.743.